The lowest BCUT2D eigenvalue weighted by molar-refractivity contribution is 0.380. The third kappa shape index (κ3) is 3.81. The molecular formula is C15H22BrN5. The molecule has 1 aromatic heterocycles. The topological polar surface area (TPSA) is 69.6 Å². The highest BCUT2D eigenvalue weighted by atomic mass is 79.9. The van der Waals surface area contributed by atoms with Crippen LogP contribution in [-0.4, -0.2) is 20.2 Å². The Hall–Kier alpha value is -1.43. The van der Waals surface area contributed by atoms with Crippen molar-refractivity contribution < 1.29 is 0 Å². The molecule has 114 valence electrons. The fourth-order valence-electron chi connectivity index (χ4n) is 2.49. The molecule has 2 aromatic rings. The molecular weight excluding hydrogens is 330 g/mol. The van der Waals surface area contributed by atoms with Crippen LogP contribution in [0.5, 0.6) is 0 Å². The van der Waals surface area contributed by atoms with Crippen LogP contribution < -0.4 is 5.73 Å². The second-order valence-corrected chi connectivity index (χ2v) is 6.13. The molecule has 0 aliphatic heterocycles. The van der Waals surface area contributed by atoms with Crippen LogP contribution in [0.25, 0.3) is 11.4 Å². The predicted molar refractivity (Wildman–Crippen MR) is 88.8 cm³/mol. The van der Waals surface area contributed by atoms with Crippen LogP contribution >= 0.6 is 15.9 Å². The van der Waals surface area contributed by atoms with Gasteiger partial charge in [0.1, 0.15) is 0 Å². The molecule has 0 saturated heterocycles. The Labute approximate surface area is 134 Å². The molecule has 0 radical (unpaired) electrons. The van der Waals surface area contributed by atoms with Gasteiger partial charge in [0.2, 0.25) is 0 Å². The summed E-state index contributed by atoms with van der Waals surface area (Å²) in [5.41, 5.74) is 7.55. The van der Waals surface area contributed by atoms with Gasteiger partial charge in [0.05, 0.1) is 6.04 Å². The predicted octanol–water partition coefficient (Wildman–Crippen LogP) is 4.22. The molecule has 1 aromatic carbocycles. The van der Waals surface area contributed by atoms with Gasteiger partial charge >= 0.3 is 0 Å². The fourth-order valence-corrected chi connectivity index (χ4v) is 2.92. The zero-order valence-corrected chi connectivity index (χ0v) is 14.2. The summed E-state index contributed by atoms with van der Waals surface area (Å²) in [5.74, 6) is 0.781. The first-order valence-corrected chi connectivity index (χ1v) is 8.29. The summed E-state index contributed by atoms with van der Waals surface area (Å²) < 4.78 is 2.91. The minimum Gasteiger partial charge on any atom is -0.399 e. The Bertz CT molecular complexity index is 581. The number of nitrogen functional groups attached to an aromatic ring is 1. The van der Waals surface area contributed by atoms with E-state index in [2.05, 4.69) is 45.3 Å². The third-order valence-corrected chi connectivity index (χ3v) is 4.27. The molecule has 0 amide bonds. The van der Waals surface area contributed by atoms with E-state index >= 15 is 0 Å². The molecule has 0 saturated carbocycles. The van der Waals surface area contributed by atoms with Crippen molar-refractivity contribution >= 4 is 21.6 Å². The van der Waals surface area contributed by atoms with Gasteiger partial charge in [0, 0.05) is 15.7 Å². The van der Waals surface area contributed by atoms with E-state index in [0.717, 1.165) is 35.1 Å². The smallest absolute Gasteiger partial charge is 0.183 e. The largest absolute Gasteiger partial charge is 0.399 e. The van der Waals surface area contributed by atoms with Gasteiger partial charge in [-0.15, -0.1) is 5.10 Å². The SMILES string of the molecule is CCCCC(CCC)n1nnnc1-c1cc(N)ccc1Br. The molecule has 1 heterocycles. The van der Waals surface area contributed by atoms with E-state index in [0.29, 0.717) is 11.7 Å². The molecule has 2 rings (SSSR count). The number of nitrogens with zero attached hydrogens (tertiary/aromatic N) is 4. The summed E-state index contributed by atoms with van der Waals surface area (Å²) in [7, 11) is 0. The minimum atomic E-state index is 0.341. The lowest BCUT2D eigenvalue weighted by atomic mass is 10.0. The van der Waals surface area contributed by atoms with Gasteiger partial charge < -0.3 is 5.73 Å². The van der Waals surface area contributed by atoms with Crippen molar-refractivity contribution in [2.75, 3.05) is 5.73 Å². The number of tetrazole rings is 1. The first-order chi connectivity index (χ1) is 10.2. The first kappa shape index (κ1) is 15.9. The van der Waals surface area contributed by atoms with E-state index in [4.69, 9.17) is 5.73 Å². The number of rotatable bonds is 7. The summed E-state index contributed by atoms with van der Waals surface area (Å²) in [6.45, 7) is 4.40. The number of hydrogen-bond donors (Lipinski definition) is 1. The maximum absolute atomic E-state index is 5.90. The van der Waals surface area contributed by atoms with Gasteiger partial charge in [-0.05, 0) is 41.5 Å². The molecule has 0 fully saturated rings. The van der Waals surface area contributed by atoms with E-state index in [1.807, 2.05) is 22.9 Å². The summed E-state index contributed by atoms with van der Waals surface area (Å²) in [4.78, 5) is 0. The molecule has 6 heteroatoms. The number of nitrogens with two attached hydrogens (primary N) is 1. The Morgan fingerprint density at radius 1 is 1.24 bits per heavy atom. The summed E-state index contributed by atoms with van der Waals surface area (Å²) in [5, 5.41) is 12.3. The van der Waals surface area contributed by atoms with Gasteiger partial charge in [0.15, 0.2) is 5.82 Å². The van der Waals surface area contributed by atoms with Crippen molar-refractivity contribution in [2.24, 2.45) is 0 Å². The van der Waals surface area contributed by atoms with Crippen molar-refractivity contribution in [1.29, 1.82) is 0 Å². The van der Waals surface area contributed by atoms with Gasteiger partial charge in [-0.2, -0.15) is 0 Å². The van der Waals surface area contributed by atoms with Gasteiger partial charge in [-0.3, -0.25) is 0 Å². The molecule has 1 unspecified atom stereocenters. The normalized spacial score (nSPS) is 12.5. The fraction of sp³-hybridized carbons (Fsp3) is 0.533. The molecule has 1 atom stereocenters. The highest BCUT2D eigenvalue weighted by molar-refractivity contribution is 9.10. The zero-order valence-electron chi connectivity index (χ0n) is 12.6. The van der Waals surface area contributed by atoms with Crippen molar-refractivity contribution in [3.8, 4) is 11.4 Å². The average molecular weight is 352 g/mol. The van der Waals surface area contributed by atoms with Crippen LogP contribution in [0.15, 0.2) is 22.7 Å². The minimum absolute atomic E-state index is 0.341. The second kappa shape index (κ2) is 7.54. The van der Waals surface area contributed by atoms with Crippen molar-refractivity contribution in [2.45, 2.75) is 52.0 Å². The number of anilines is 1. The van der Waals surface area contributed by atoms with E-state index in [1.165, 1.54) is 12.8 Å². The third-order valence-electron chi connectivity index (χ3n) is 3.58. The molecule has 0 spiro atoms. The average Bonchev–Trinajstić information content (AvgIpc) is 2.95. The zero-order chi connectivity index (χ0) is 15.2. The number of hydrogen-bond acceptors (Lipinski definition) is 4. The lowest BCUT2D eigenvalue weighted by Gasteiger charge is -2.18. The van der Waals surface area contributed by atoms with E-state index < -0.39 is 0 Å². The Morgan fingerprint density at radius 3 is 2.76 bits per heavy atom. The molecule has 0 aliphatic carbocycles. The van der Waals surface area contributed by atoms with Crippen LogP contribution in [0.2, 0.25) is 0 Å². The quantitative estimate of drug-likeness (QED) is 0.758. The number of unbranched alkanes of at least 4 members (excludes halogenated alkanes) is 1. The number of aromatic nitrogens is 4. The number of benzene rings is 1. The molecule has 2 N–H and O–H groups in total. The monoisotopic (exact) mass is 351 g/mol. The molecule has 0 bridgehead atoms. The van der Waals surface area contributed by atoms with Crippen LogP contribution in [0.1, 0.15) is 52.0 Å². The molecule has 5 nitrogen and oxygen atoms in total. The maximum atomic E-state index is 5.90. The molecule has 21 heavy (non-hydrogen) atoms. The lowest BCUT2D eigenvalue weighted by Crippen LogP contribution is -2.13. The second-order valence-electron chi connectivity index (χ2n) is 5.27. The summed E-state index contributed by atoms with van der Waals surface area (Å²) in [6, 6.07) is 6.05. The van der Waals surface area contributed by atoms with E-state index in [-0.39, 0.29) is 0 Å². The van der Waals surface area contributed by atoms with Crippen LogP contribution in [0, 0.1) is 0 Å². The first-order valence-electron chi connectivity index (χ1n) is 7.50. The van der Waals surface area contributed by atoms with E-state index in [9.17, 15) is 0 Å². The van der Waals surface area contributed by atoms with E-state index in [1.54, 1.807) is 0 Å². The Kier molecular flexibility index (Phi) is 5.73. The summed E-state index contributed by atoms with van der Waals surface area (Å²) in [6.07, 6.45) is 5.66. The van der Waals surface area contributed by atoms with Crippen molar-refractivity contribution in [3.63, 3.8) is 0 Å². The van der Waals surface area contributed by atoms with Crippen molar-refractivity contribution in [3.05, 3.63) is 22.7 Å². The van der Waals surface area contributed by atoms with Gasteiger partial charge in [0.25, 0.3) is 0 Å². The molecule has 0 aliphatic rings. The van der Waals surface area contributed by atoms with Crippen LogP contribution in [-0.2, 0) is 0 Å². The van der Waals surface area contributed by atoms with Crippen LogP contribution in [0.3, 0.4) is 0 Å². The Balaban J connectivity index is 2.38. The Morgan fingerprint density at radius 2 is 2.05 bits per heavy atom. The van der Waals surface area contributed by atoms with Gasteiger partial charge in [-0.25, -0.2) is 4.68 Å². The number of halogens is 1. The highest BCUT2D eigenvalue weighted by Gasteiger charge is 2.19. The maximum Gasteiger partial charge on any atom is 0.183 e. The standard InChI is InChI=1S/C15H22BrN5/c1-3-5-7-12(6-4-2)21-15(18-19-20-21)13-10-11(17)8-9-14(13)16/h8-10,12H,3-7,17H2,1-2H3. The van der Waals surface area contributed by atoms with Crippen LogP contribution in [0.4, 0.5) is 5.69 Å². The summed E-state index contributed by atoms with van der Waals surface area (Å²) >= 11 is 3.56. The highest BCUT2D eigenvalue weighted by Crippen LogP contribution is 2.31. The van der Waals surface area contributed by atoms with Gasteiger partial charge in [-0.1, -0.05) is 49.0 Å². The van der Waals surface area contributed by atoms with Crippen molar-refractivity contribution in [1.82, 2.24) is 20.2 Å².